The number of hydrogen-bond acceptors (Lipinski definition) is 5. The van der Waals surface area contributed by atoms with E-state index in [9.17, 15) is 18.0 Å². The number of carbonyl (C=O) groups is 2. The SMILES string of the molecule is CC(C)S(=O)(=O)c1ccc(C(=O)N2CCCC(C(=O)NCCN)C2)cc1. The minimum atomic E-state index is -3.36. The van der Waals surface area contributed by atoms with E-state index in [1.165, 1.54) is 24.3 Å². The Morgan fingerprint density at radius 3 is 2.50 bits per heavy atom. The highest BCUT2D eigenvalue weighted by Crippen LogP contribution is 2.21. The number of rotatable bonds is 6. The Hall–Kier alpha value is -1.93. The first-order valence-corrected chi connectivity index (χ1v) is 10.4. The summed E-state index contributed by atoms with van der Waals surface area (Å²) < 4.78 is 24.3. The van der Waals surface area contributed by atoms with E-state index in [-0.39, 0.29) is 22.6 Å². The summed E-state index contributed by atoms with van der Waals surface area (Å²) in [7, 11) is -3.36. The van der Waals surface area contributed by atoms with E-state index in [1.807, 2.05) is 0 Å². The number of hydrogen-bond donors (Lipinski definition) is 2. The highest BCUT2D eigenvalue weighted by molar-refractivity contribution is 7.92. The van der Waals surface area contributed by atoms with Crippen LogP contribution in [0.15, 0.2) is 29.2 Å². The largest absolute Gasteiger partial charge is 0.355 e. The molecular formula is C18H27N3O4S. The van der Waals surface area contributed by atoms with Gasteiger partial charge < -0.3 is 16.0 Å². The van der Waals surface area contributed by atoms with Crippen molar-refractivity contribution in [3.05, 3.63) is 29.8 Å². The molecule has 2 amide bonds. The van der Waals surface area contributed by atoms with Gasteiger partial charge in [0, 0.05) is 31.7 Å². The van der Waals surface area contributed by atoms with Crippen LogP contribution in [0.4, 0.5) is 0 Å². The van der Waals surface area contributed by atoms with Crippen molar-refractivity contribution in [1.29, 1.82) is 0 Å². The Bertz CT molecular complexity index is 744. The first-order valence-electron chi connectivity index (χ1n) is 8.88. The van der Waals surface area contributed by atoms with Crippen LogP contribution in [0.25, 0.3) is 0 Å². The second-order valence-corrected chi connectivity index (χ2v) is 9.29. The highest BCUT2D eigenvalue weighted by atomic mass is 32.2. The molecule has 0 spiro atoms. The van der Waals surface area contributed by atoms with E-state index in [1.54, 1.807) is 18.7 Å². The number of nitrogens with one attached hydrogen (secondary N) is 1. The molecule has 1 aromatic rings. The summed E-state index contributed by atoms with van der Waals surface area (Å²) in [6, 6.07) is 6.02. The van der Waals surface area contributed by atoms with Crippen molar-refractivity contribution < 1.29 is 18.0 Å². The van der Waals surface area contributed by atoms with Gasteiger partial charge in [-0.1, -0.05) is 0 Å². The summed E-state index contributed by atoms with van der Waals surface area (Å²) in [5.41, 5.74) is 5.82. The lowest BCUT2D eigenvalue weighted by Gasteiger charge is -2.32. The van der Waals surface area contributed by atoms with E-state index in [0.29, 0.717) is 31.7 Å². The first kappa shape index (κ1) is 20.4. The summed E-state index contributed by atoms with van der Waals surface area (Å²) in [5, 5.41) is 2.25. The van der Waals surface area contributed by atoms with Crippen molar-refractivity contribution in [3.63, 3.8) is 0 Å². The van der Waals surface area contributed by atoms with E-state index in [0.717, 1.165) is 12.8 Å². The average molecular weight is 381 g/mol. The molecule has 1 aromatic carbocycles. The van der Waals surface area contributed by atoms with Crippen LogP contribution < -0.4 is 11.1 Å². The lowest BCUT2D eigenvalue weighted by molar-refractivity contribution is -0.126. The maximum absolute atomic E-state index is 12.7. The molecule has 0 aliphatic carbocycles. The number of carbonyl (C=O) groups excluding carboxylic acids is 2. The Kier molecular flexibility index (Phi) is 6.77. The van der Waals surface area contributed by atoms with Gasteiger partial charge in [0.2, 0.25) is 5.91 Å². The van der Waals surface area contributed by atoms with Gasteiger partial charge in [-0.3, -0.25) is 9.59 Å². The molecule has 1 aliphatic rings. The van der Waals surface area contributed by atoms with Gasteiger partial charge in [0.1, 0.15) is 0 Å². The number of sulfone groups is 1. The molecule has 26 heavy (non-hydrogen) atoms. The molecule has 0 radical (unpaired) electrons. The number of nitrogens with zero attached hydrogens (tertiary/aromatic N) is 1. The molecule has 1 heterocycles. The van der Waals surface area contributed by atoms with Crippen molar-refractivity contribution in [2.45, 2.75) is 36.8 Å². The number of likely N-dealkylation sites (tertiary alicyclic amines) is 1. The third-order valence-corrected chi connectivity index (χ3v) is 6.74. The standard InChI is InChI=1S/C18H27N3O4S/c1-13(2)26(24,25)16-7-5-14(6-8-16)18(23)21-11-3-4-15(12-21)17(22)20-10-9-19/h5-8,13,15H,3-4,9-12,19H2,1-2H3,(H,20,22). The predicted octanol–water partition coefficient (Wildman–Crippen LogP) is 0.796. The monoisotopic (exact) mass is 381 g/mol. The van der Waals surface area contributed by atoms with Crippen LogP contribution in [0.5, 0.6) is 0 Å². The highest BCUT2D eigenvalue weighted by Gasteiger charge is 2.29. The third kappa shape index (κ3) is 4.62. The number of piperidine rings is 1. The van der Waals surface area contributed by atoms with Crippen molar-refractivity contribution in [2.75, 3.05) is 26.2 Å². The molecule has 1 unspecified atom stereocenters. The fourth-order valence-electron chi connectivity index (χ4n) is 2.96. The lowest BCUT2D eigenvalue weighted by Crippen LogP contribution is -2.46. The second kappa shape index (κ2) is 8.64. The van der Waals surface area contributed by atoms with Crippen LogP contribution in [-0.4, -0.2) is 56.6 Å². The van der Waals surface area contributed by atoms with Crippen LogP contribution >= 0.6 is 0 Å². The Balaban J connectivity index is 2.07. The fourth-order valence-corrected chi connectivity index (χ4v) is 4.02. The van der Waals surface area contributed by atoms with Crippen molar-refractivity contribution in [3.8, 4) is 0 Å². The van der Waals surface area contributed by atoms with E-state index in [2.05, 4.69) is 5.32 Å². The summed E-state index contributed by atoms with van der Waals surface area (Å²) in [6.45, 7) is 5.00. The first-order chi connectivity index (χ1) is 12.3. The van der Waals surface area contributed by atoms with Crippen LogP contribution in [0.3, 0.4) is 0 Å². The van der Waals surface area contributed by atoms with Crippen LogP contribution in [0.2, 0.25) is 0 Å². The second-order valence-electron chi connectivity index (χ2n) is 6.79. The maximum Gasteiger partial charge on any atom is 0.253 e. The fraction of sp³-hybridized carbons (Fsp3) is 0.556. The van der Waals surface area contributed by atoms with Gasteiger partial charge in [0.05, 0.1) is 16.1 Å². The van der Waals surface area contributed by atoms with E-state index in [4.69, 9.17) is 5.73 Å². The molecule has 0 aromatic heterocycles. The summed E-state index contributed by atoms with van der Waals surface area (Å²) in [6.07, 6.45) is 1.50. The Morgan fingerprint density at radius 2 is 1.92 bits per heavy atom. The van der Waals surface area contributed by atoms with Crippen LogP contribution in [0.1, 0.15) is 37.0 Å². The molecule has 1 aliphatic heterocycles. The van der Waals surface area contributed by atoms with Gasteiger partial charge in [0.25, 0.3) is 5.91 Å². The van der Waals surface area contributed by atoms with Gasteiger partial charge in [-0.2, -0.15) is 0 Å². The zero-order valence-electron chi connectivity index (χ0n) is 15.3. The average Bonchev–Trinajstić information content (AvgIpc) is 2.65. The lowest BCUT2D eigenvalue weighted by atomic mass is 9.96. The Morgan fingerprint density at radius 1 is 1.27 bits per heavy atom. The minimum absolute atomic E-state index is 0.0775. The van der Waals surface area contributed by atoms with Crippen LogP contribution in [-0.2, 0) is 14.6 Å². The predicted molar refractivity (Wildman–Crippen MR) is 99.5 cm³/mol. The molecule has 3 N–H and O–H groups in total. The molecule has 0 bridgehead atoms. The molecule has 1 atom stereocenters. The molecule has 0 saturated carbocycles. The number of amides is 2. The summed E-state index contributed by atoms with van der Waals surface area (Å²) in [5.74, 6) is -0.499. The molecule has 8 heteroatoms. The number of benzene rings is 1. The van der Waals surface area contributed by atoms with Gasteiger partial charge in [-0.25, -0.2) is 8.42 Å². The van der Waals surface area contributed by atoms with Crippen molar-refractivity contribution in [2.24, 2.45) is 11.7 Å². The quantitative estimate of drug-likeness (QED) is 0.757. The Labute approximate surface area is 154 Å². The smallest absolute Gasteiger partial charge is 0.253 e. The molecular weight excluding hydrogens is 354 g/mol. The summed E-state index contributed by atoms with van der Waals surface area (Å²) >= 11 is 0. The van der Waals surface area contributed by atoms with E-state index >= 15 is 0 Å². The molecule has 144 valence electrons. The zero-order valence-corrected chi connectivity index (χ0v) is 16.1. The van der Waals surface area contributed by atoms with Gasteiger partial charge in [-0.15, -0.1) is 0 Å². The molecule has 1 fully saturated rings. The third-order valence-electron chi connectivity index (χ3n) is 4.57. The number of nitrogens with two attached hydrogens (primary N) is 1. The zero-order chi connectivity index (χ0) is 19.3. The van der Waals surface area contributed by atoms with Crippen LogP contribution in [0, 0.1) is 5.92 Å². The van der Waals surface area contributed by atoms with Gasteiger partial charge in [0.15, 0.2) is 9.84 Å². The molecule has 2 rings (SSSR count). The van der Waals surface area contributed by atoms with Crippen molar-refractivity contribution >= 4 is 21.7 Å². The normalized spacial score (nSPS) is 18.0. The van der Waals surface area contributed by atoms with Gasteiger partial charge in [-0.05, 0) is 51.0 Å². The molecule has 1 saturated heterocycles. The van der Waals surface area contributed by atoms with Gasteiger partial charge >= 0.3 is 0 Å². The topological polar surface area (TPSA) is 110 Å². The summed E-state index contributed by atoms with van der Waals surface area (Å²) in [4.78, 5) is 26.7. The minimum Gasteiger partial charge on any atom is -0.355 e. The van der Waals surface area contributed by atoms with E-state index < -0.39 is 15.1 Å². The molecule has 7 nitrogen and oxygen atoms in total. The van der Waals surface area contributed by atoms with Crippen molar-refractivity contribution in [1.82, 2.24) is 10.2 Å². The maximum atomic E-state index is 12.7.